The first-order valence-corrected chi connectivity index (χ1v) is 8.65. The molecule has 2 unspecified atom stereocenters. The Kier molecular flexibility index (Phi) is 5.37. The van der Waals surface area contributed by atoms with Crippen LogP contribution in [0.15, 0.2) is 4.47 Å². The Morgan fingerprint density at radius 3 is 2.85 bits per heavy atom. The zero-order valence-corrected chi connectivity index (χ0v) is 14.9. The minimum Gasteiger partial charge on any atom is -0.367 e. The predicted octanol–water partition coefficient (Wildman–Crippen LogP) is 4.91. The highest BCUT2D eigenvalue weighted by atomic mass is 79.9. The van der Waals surface area contributed by atoms with E-state index >= 15 is 0 Å². The van der Waals surface area contributed by atoms with Crippen molar-refractivity contribution in [2.24, 2.45) is 5.92 Å². The van der Waals surface area contributed by atoms with Crippen molar-refractivity contribution in [2.75, 3.05) is 6.61 Å². The van der Waals surface area contributed by atoms with Crippen molar-refractivity contribution >= 4 is 28.1 Å². The number of aromatic amines is 1. The number of H-pyrrole nitrogens is 1. The molecule has 0 bridgehead atoms. The van der Waals surface area contributed by atoms with Gasteiger partial charge in [-0.25, -0.2) is 4.98 Å². The Balaban J connectivity index is 2.49. The smallest absolute Gasteiger partial charge is 0.144 e. The highest BCUT2D eigenvalue weighted by molar-refractivity contribution is 9.10. The maximum Gasteiger partial charge on any atom is 0.144 e. The molecule has 0 spiro atoms. The molecule has 1 saturated carbocycles. The summed E-state index contributed by atoms with van der Waals surface area (Å²) in [5, 5.41) is 0. The lowest BCUT2D eigenvalue weighted by Gasteiger charge is -2.39. The first-order valence-electron chi connectivity index (χ1n) is 7.45. The van der Waals surface area contributed by atoms with E-state index in [2.05, 4.69) is 46.7 Å². The van der Waals surface area contributed by atoms with Crippen molar-refractivity contribution in [3.05, 3.63) is 20.6 Å². The number of hydrogen-bond donors (Lipinski definition) is 1. The Morgan fingerprint density at radius 2 is 2.25 bits per heavy atom. The third-order valence-electron chi connectivity index (χ3n) is 4.10. The third kappa shape index (κ3) is 3.15. The van der Waals surface area contributed by atoms with E-state index in [0.717, 1.165) is 35.3 Å². The molecular formula is C15H23BrN2OS. The van der Waals surface area contributed by atoms with Gasteiger partial charge in [-0.05, 0) is 54.5 Å². The van der Waals surface area contributed by atoms with Crippen molar-refractivity contribution < 1.29 is 4.74 Å². The molecular weight excluding hydrogens is 336 g/mol. The van der Waals surface area contributed by atoms with Crippen molar-refractivity contribution in [1.82, 2.24) is 9.97 Å². The maximum absolute atomic E-state index is 6.17. The second-order valence-electron chi connectivity index (χ2n) is 5.67. The molecule has 0 amide bonds. The quantitative estimate of drug-likeness (QED) is 0.777. The van der Waals surface area contributed by atoms with Crippen molar-refractivity contribution in [3.8, 4) is 0 Å². The number of aryl methyl sites for hydroxylation is 1. The molecule has 1 N–H and O–H groups in total. The van der Waals surface area contributed by atoms with Crippen molar-refractivity contribution in [1.29, 1.82) is 0 Å². The molecule has 112 valence electrons. The molecule has 1 aromatic heterocycles. The van der Waals surface area contributed by atoms with Gasteiger partial charge < -0.3 is 9.72 Å². The zero-order valence-electron chi connectivity index (χ0n) is 12.5. The van der Waals surface area contributed by atoms with Crippen LogP contribution in [0.25, 0.3) is 0 Å². The second kappa shape index (κ2) is 6.67. The van der Waals surface area contributed by atoms with E-state index in [-0.39, 0.29) is 5.60 Å². The molecule has 0 aromatic carbocycles. The lowest BCUT2D eigenvalue weighted by Crippen LogP contribution is -2.37. The predicted molar refractivity (Wildman–Crippen MR) is 87.4 cm³/mol. The third-order valence-corrected chi connectivity index (χ3v) is 5.51. The van der Waals surface area contributed by atoms with Crippen molar-refractivity contribution in [3.63, 3.8) is 0 Å². The molecule has 1 aromatic rings. The molecule has 20 heavy (non-hydrogen) atoms. The van der Waals surface area contributed by atoms with Crippen LogP contribution in [0.2, 0.25) is 0 Å². The molecule has 0 radical (unpaired) electrons. The monoisotopic (exact) mass is 358 g/mol. The van der Waals surface area contributed by atoms with Crippen LogP contribution in [0.5, 0.6) is 0 Å². The summed E-state index contributed by atoms with van der Waals surface area (Å²) in [6.07, 6.45) is 5.39. The van der Waals surface area contributed by atoms with E-state index in [9.17, 15) is 0 Å². The summed E-state index contributed by atoms with van der Waals surface area (Å²) in [7, 11) is 0. The first-order chi connectivity index (χ1) is 9.52. The van der Waals surface area contributed by atoms with Crippen LogP contribution in [0.1, 0.15) is 58.0 Å². The number of nitrogens with zero attached hydrogens (tertiary/aromatic N) is 1. The van der Waals surface area contributed by atoms with Gasteiger partial charge in [0.2, 0.25) is 0 Å². The molecule has 2 atom stereocenters. The molecule has 3 nitrogen and oxygen atoms in total. The molecule has 1 aliphatic rings. The van der Waals surface area contributed by atoms with E-state index < -0.39 is 0 Å². The summed E-state index contributed by atoms with van der Waals surface area (Å²) in [5.74, 6) is 1.57. The highest BCUT2D eigenvalue weighted by Gasteiger charge is 2.39. The lowest BCUT2D eigenvalue weighted by atomic mass is 9.78. The lowest BCUT2D eigenvalue weighted by molar-refractivity contribution is -0.0883. The molecule has 0 aliphatic heterocycles. The molecule has 0 saturated heterocycles. The molecule has 1 fully saturated rings. The van der Waals surface area contributed by atoms with Crippen LogP contribution >= 0.6 is 28.1 Å². The number of hydrogen-bond acceptors (Lipinski definition) is 3. The molecule has 1 aliphatic carbocycles. The highest BCUT2D eigenvalue weighted by Crippen LogP contribution is 2.41. The average Bonchev–Trinajstić information content (AvgIpc) is 2.42. The van der Waals surface area contributed by atoms with Gasteiger partial charge in [-0.15, -0.1) is 0 Å². The van der Waals surface area contributed by atoms with E-state index in [4.69, 9.17) is 17.0 Å². The van der Waals surface area contributed by atoms with Gasteiger partial charge in [0.05, 0.1) is 4.47 Å². The van der Waals surface area contributed by atoms with Gasteiger partial charge in [-0.1, -0.05) is 32.5 Å². The van der Waals surface area contributed by atoms with Gasteiger partial charge in [-0.2, -0.15) is 0 Å². The zero-order chi connectivity index (χ0) is 14.8. The summed E-state index contributed by atoms with van der Waals surface area (Å²) >= 11 is 8.92. The van der Waals surface area contributed by atoms with Gasteiger partial charge >= 0.3 is 0 Å². The van der Waals surface area contributed by atoms with Gasteiger partial charge in [0.15, 0.2) is 0 Å². The summed E-state index contributed by atoms with van der Waals surface area (Å²) in [4.78, 5) is 8.09. The van der Waals surface area contributed by atoms with Crippen LogP contribution in [0, 0.1) is 10.6 Å². The van der Waals surface area contributed by atoms with E-state index in [1.54, 1.807) is 0 Å². The van der Waals surface area contributed by atoms with Crippen LogP contribution < -0.4 is 0 Å². The SMILES string of the molecule is CCOC1(c2nc(=S)c(Br)c(CC)[nH]2)CCCC(C)C1. The van der Waals surface area contributed by atoms with Crippen LogP contribution in [0.3, 0.4) is 0 Å². The largest absolute Gasteiger partial charge is 0.367 e. The van der Waals surface area contributed by atoms with Crippen molar-refractivity contribution in [2.45, 2.75) is 58.5 Å². The minimum absolute atomic E-state index is 0.287. The Morgan fingerprint density at radius 1 is 1.50 bits per heavy atom. The standard InChI is InChI=1S/C15H23BrN2OS/c1-4-11-12(16)13(20)18-14(17-11)15(19-5-2)8-6-7-10(3)9-15/h10H,4-9H2,1-3H3,(H,17,18,20). The summed E-state index contributed by atoms with van der Waals surface area (Å²) in [5.41, 5.74) is 0.822. The van der Waals surface area contributed by atoms with E-state index in [1.165, 1.54) is 12.8 Å². The fourth-order valence-corrected chi connectivity index (χ4v) is 3.84. The van der Waals surface area contributed by atoms with Crippen LogP contribution in [0.4, 0.5) is 0 Å². The van der Waals surface area contributed by atoms with E-state index in [0.29, 0.717) is 17.2 Å². The summed E-state index contributed by atoms with van der Waals surface area (Å²) < 4.78 is 7.71. The normalized spacial score (nSPS) is 26.7. The number of rotatable bonds is 4. The fraction of sp³-hybridized carbons (Fsp3) is 0.733. The first kappa shape index (κ1) is 16.1. The summed E-state index contributed by atoms with van der Waals surface area (Å²) in [6.45, 7) is 7.16. The maximum atomic E-state index is 6.17. The second-order valence-corrected chi connectivity index (χ2v) is 6.85. The Labute approximate surface area is 134 Å². The number of aromatic nitrogens is 2. The van der Waals surface area contributed by atoms with Gasteiger partial charge in [0.25, 0.3) is 0 Å². The van der Waals surface area contributed by atoms with Crippen LogP contribution in [-0.4, -0.2) is 16.6 Å². The topological polar surface area (TPSA) is 37.9 Å². The summed E-state index contributed by atoms with van der Waals surface area (Å²) in [6, 6.07) is 0. The number of ether oxygens (including phenoxy) is 1. The number of nitrogens with one attached hydrogen (secondary N) is 1. The Hall–Kier alpha value is -0.260. The van der Waals surface area contributed by atoms with Gasteiger partial charge in [0.1, 0.15) is 16.1 Å². The van der Waals surface area contributed by atoms with Crippen LogP contribution in [-0.2, 0) is 16.8 Å². The minimum atomic E-state index is -0.287. The number of halogens is 1. The molecule has 2 rings (SSSR count). The van der Waals surface area contributed by atoms with E-state index in [1.807, 2.05) is 0 Å². The molecule has 1 heterocycles. The average molecular weight is 359 g/mol. The Bertz CT molecular complexity index is 527. The molecule has 5 heteroatoms. The van der Waals surface area contributed by atoms with Gasteiger partial charge in [0, 0.05) is 12.3 Å². The van der Waals surface area contributed by atoms with Gasteiger partial charge in [-0.3, -0.25) is 0 Å². The fourth-order valence-electron chi connectivity index (χ4n) is 3.16.